The van der Waals surface area contributed by atoms with Crippen molar-refractivity contribution >= 4 is 37.3 Å². The van der Waals surface area contributed by atoms with E-state index in [2.05, 4.69) is 20.7 Å². The van der Waals surface area contributed by atoms with Crippen molar-refractivity contribution in [3.8, 4) is 0 Å². The molecule has 0 aliphatic heterocycles. The highest BCUT2D eigenvalue weighted by molar-refractivity contribution is 9.11. The Bertz CT molecular complexity index is 667. The first-order valence-corrected chi connectivity index (χ1v) is 8.51. The molecule has 0 aliphatic rings. The molecule has 0 bridgehead atoms. The molecule has 0 radical (unpaired) electrons. The Labute approximate surface area is 123 Å². The molecule has 0 spiro atoms. The second-order valence-electron chi connectivity index (χ2n) is 3.95. The molecular formula is C12H11BrFNO2S2. The average Bonchev–Trinajstić information content (AvgIpc) is 2.77. The Morgan fingerprint density at radius 3 is 2.37 bits per heavy atom. The standard InChI is InChI=1S/C12H11BrFNO2S2/c1-8(9-2-4-10(14)5-3-9)15-19(16,17)12-7-6-11(13)18-12/h2-8,15H,1H3/t8-/m0/s1. The van der Waals surface area contributed by atoms with Crippen LogP contribution in [0.25, 0.3) is 0 Å². The van der Waals surface area contributed by atoms with E-state index in [0.29, 0.717) is 5.56 Å². The Hall–Kier alpha value is -0.760. The number of sulfonamides is 1. The smallest absolute Gasteiger partial charge is 0.207 e. The Morgan fingerprint density at radius 1 is 1.21 bits per heavy atom. The van der Waals surface area contributed by atoms with Crippen LogP contribution in [0.4, 0.5) is 4.39 Å². The van der Waals surface area contributed by atoms with Gasteiger partial charge in [-0.25, -0.2) is 17.5 Å². The molecule has 19 heavy (non-hydrogen) atoms. The van der Waals surface area contributed by atoms with E-state index in [4.69, 9.17) is 0 Å². The second kappa shape index (κ2) is 5.70. The van der Waals surface area contributed by atoms with Crippen LogP contribution in [-0.2, 0) is 10.0 Å². The molecule has 0 amide bonds. The van der Waals surface area contributed by atoms with E-state index in [0.717, 1.165) is 15.1 Å². The van der Waals surface area contributed by atoms with E-state index >= 15 is 0 Å². The lowest BCUT2D eigenvalue weighted by Crippen LogP contribution is -2.26. The maximum atomic E-state index is 12.8. The van der Waals surface area contributed by atoms with E-state index in [1.807, 2.05) is 0 Å². The third-order valence-corrected chi connectivity index (χ3v) is 6.17. The quantitative estimate of drug-likeness (QED) is 0.900. The van der Waals surface area contributed by atoms with Gasteiger partial charge in [0.25, 0.3) is 10.0 Å². The van der Waals surface area contributed by atoms with Crippen LogP contribution in [0.5, 0.6) is 0 Å². The lowest BCUT2D eigenvalue weighted by molar-refractivity contribution is 0.568. The van der Waals surface area contributed by atoms with E-state index in [-0.39, 0.29) is 10.0 Å². The molecule has 3 nitrogen and oxygen atoms in total. The van der Waals surface area contributed by atoms with E-state index < -0.39 is 16.1 Å². The minimum Gasteiger partial charge on any atom is -0.207 e. The van der Waals surface area contributed by atoms with Crippen molar-refractivity contribution in [2.45, 2.75) is 17.2 Å². The molecule has 0 unspecified atom stereocenters. The molecule has 7 heteroatoms. The number of nitrogens with one attached hydrogen (secondary N) is 1. The fourth-order valence-electron chi connectivity index (χ4n) is 1.55. The summed E-state index contributed by atoms with van der Waals surface area (Å²) < 4.78 is 40.6. The van der Waals surface area contributed by atoms with E-state index in [9.17, 15) is 12.8 Å². The third kappa shape index (κ3) is 3.62. The highest BCUT2D eigenvalue weighted by Gasteiger charge is 2.20. The Kier molecular flexibility index (Phi) is 4.39. The van der Waals surface area contributed by atoms with Crippen LogP contribution < -0.4 is 4.72 Å². The normalized spacial score (nSPS) is 13.4. The maximum absolute atomic E-state index is 12.8. The van der Waals surface area contributed by atoms with Crippen molar-refractivity contribution in [1.29, 1.82) is 0 Å². The molecule has 1 atom stereocenters. The third-order valence-electron chi connectivity index (χ3n) is 2.52. The number of benzene rings is 1. The first-order chi connectivity index (χ1) is 8.88. The Balaban J connectivity index is 2.18. The van der Waals surface area contributed by atoms with Gasteiger partial charge < -0.3 is 0 Å². The largest absolute Gasteiger partial charge is 0.250 e. The summed E-state index contributed by atoms with van der Waals surface area (Å²) in [4.78, 5) is 0. The maximum Gasteiger partial charge on any atom is 0.250 e. The van der Waals surface area contributed by atoms with Gasteiger partial charge in [-0.2, -0.15) is 0 Å². The number of thiophene rings is 1. The summed E-state index contributed by atoms with van der Waals surface area (Å²) in [7, 11) is -3.55. The van der Waals surface area contributed by atoms with Gasteiger partial charge in [-0.3, -0.25) is 0 Å². The highest BCUT2D eigenvalue weighted by Crippen LogP contribution is 2.27. The van der Waals surface area contributed by atoms with Crippen LogP contribution in [0.1, 0.15) is 18.5 Å². The molecule has 0 saturated carbocycles. The van der Waals surface area contributed by atoms with Gasteiger partial charge >= 0.3 is 0 Å². The summed E-state index contributed by atoms with van der Waals surface area (Å²) in [6, 6.07) is 8.53. The lowest BCUT2D eigenvalue weighted by atomic mass is 10.1. The summed E-state index contributed by atoms with van der Waals surface area (Å²) in [5, 5.41) is 0. The predicted molar refractivity (Wildman–Crippen MR) is 77.2 cm³/mol. The fraction of sp³-hybridized carbons (Fsp3) is 0.167. The molecular weight excluding hydrogens is 353 g/mol. The fourth-order valence-corrected chi connectivity index (χ4v) is 4.81. The van der Waals surface area contributed by atoms with Crippen LogP contribution in [0.3, 0.4) is 0 Å². The monoisotopic (exact) mass is 363 g/mol. The summed E-state index contributed by atoms with van der Waals surface area (Å²) in [6.45, 7) is 1.72. The molecule has 1 N–H and O–H groups in total. The van der Waals surface area contributed by atoms with Crippen LogP contribution in [0, 0.1) is 5.82 Å². The topological polar surface area (TPSA) is 46.2 Å². The van der Waals surface area contributed by atoms with Gasteiger partial charge in [0, 0.05) is 6.04 Å². The molecule has 0 aliphatic carbocycles. The van der Waals surface area contributed by atoms with E-state index in [1.54, 1.807) is 25.1 Å². The molecule has 2 rings (SSSR count). The molecule has 2 aromatic rings. The summed E-state index contributed by atoms with van der Waals surface area (Å²) in [6.07, 6.45) is 0. The molecule has 102 valence electrons. The van der Waals surface area contributed by atoms with Gasteiger partial charge in [-0.05, 0) is 52.7 Å². The molecule has 1 heterocycles. The minimum absolute atomic E-state index is 0.244. The zero-order valence-corrected chi connectivity index (χ0v) is 13.1. The van der Waals surface area contributed by atoms with Crippen molar-refractivity contribution in [1.82, 2.24) is 4.72 Å². The van der Waals surface area contributed by atoms with Gasteiger partial charge in [-0.1, -0.05) is 12.1 Å². The average molecular weight is 364 g/mol. The SMILES string of the molecule is C[C@H](NS(=O)(=O)c1ccc(Br)s1)c1ccc(F)cc1. The van der Waals surface area contributed by atoms with Crippen molar-refractivity contribution in [3.05, 3.63) is 51.6 Å². The number of hydrogen-bond acceptors (Lipinski definition) is 3. The van der Waals surface area contributed by atoms with Crippen molar-refractivity contribution < 1.29 is 12.8 Å². The van der Waals surface area contributed by atoms with Crippen LogP contribution in [0.2, 0.25) is 0 Å². The molecule has 0 fully saturated rings. The molecule has 1 aromatic heterocycles. The van der Waals surface area contributed by atoms with Gasteiger partial charge in [0.15, 0.2) is 0 Å². The first-order valence-electron chi connectivity index (χ1n) is 5.41. The zero-order valence-electron chi connectivity index (χ0n) is 9.93. The number of halogens is 2. The molecule has 1 aromatic carbocycles. The van der Waals surface area contributed by atoms with Gasteiger partial charge in [0.1, 0.15) is 10.0 Å². The zero-order chi connectivity index (χ0) is 14.0. The van der Waals surface area contributed by atoms with Gasteiger partial charge in [-0.15, -0.1) is 11.3 Å². The van der Waals surface area contributed by atoms with Crippen LogP contribution in [-0.4, -0.2) is 8.42 Å². The Morgan fingerprint density at radius 2 is 1.84 bits per heavy atom. The van der Waals surface area contributed by atoms with E-state index in [1.165, 1.54) is 18.2 Å². The van der Waals surface area contributed by atoms with Crippen LogP contribution >= 0.6 is 27.3 Å². The van der Waals surface area contributed by atoms with Crippen molar-refractivity contribution in [3.63, 3.8) is 0 Å². The second-order valence-corrected chi connectivity index (χ2v) is 8.36. The van der Waals surface area contributed by atoms with Gasteiger partial charge in [0.05, 0.1) is 3.79 Å². The van der Waals surface area contributed by atoms with Crippen molar-refractivity contribution in [2.24, 2.45) is 0 Å². The summed E-state index contributed by atoms with van der Waals surface area (Å²) in [5.41, 5.74) is 0.709. The van der Waals surface area contributed by atoms with Crippen LogP contribution in [0.15, 0.2) is 44.4 Å². The first kappa shape index (κ1) is 14.6. The molecule has 0 saturated heterocycles. The van der Waals surface area contributed by atoms with Crippen molar-refractivity contribution in [2.75, 3.05) is 0 Å². The summed E-state index contributed by atoms with van der Waals surface area (Å²) in [5.74, 6) is -0.346. The number of hydrogen-bond donors (Lipinski definition) is 1. The lowest BCUT2D eigenvalue weighted by Gasteiger charge is -2.13. The van der Waals surface area contributed by atoms with Gasteiger partial charge in [0.2, 0.25) is 0 Å². The minimum atomic E-state index is -3.55. The predicted octanol–water partition coefficient (Wildman–Crippen LogP) is 3.69. The highest BCUT2D eigenvalue weighted by atomic mass is 79.9. The number of rotatable bonds is 4. The summed E-state index contributed by atoms with van der Waals surface area (Å²) >= 11 is 4.37.